The third-order valence-corrected chi connectivity index (χ3v) is 4.38. The Labute approximate surface area is 147 Å². The van der Waals surface area contributed by atoms with E-state index < -0.39 is 0 Å². The van der Waals surface area contributed by atoms with Crippen LogP contribution in [-0.4, -0.2) is 40.5 Å². The second kappa shape index (κ2) is 7.15. The number of hydrogen-bond acceptors (Lipinski definition) is 4. The quantitative estimate of drug-likeness (QED) is 0.718. The lowest BCUT2D eigenvalue weighted by Crippen LogP contribution is -2.15. The fourth-order valence-corrected chi connectivity index (χ4v) is 3.11. The van der Waals surface area contributed by atoms with Crippen LogP contribution in [-0.2, 0) is 6.54 Å². The molecule has 0 N–H and O–H groups in total. The Balaban J connectivity index is 2.27. The molecule has 2 aromatic carbocycles. The van der Waals surface area contributed by atoms with Gasteiger partial charge in [-0.1, -0.05) is 36.4 Å². The van der Waals surface area contributed by atoms with Gasteiger partial charge in [-0.15, -0.1) is 0 Å². The molecular weight excluding hydrogens is 312 g/mol. The normalized spacial score (nSPS) is 12.0. The fourth-order valence-electron chi connectivity index (χ4n) is 3.11. The average Bonchev–Trinajstić information content (AvgIpc) is 2.99. The molecule has 25 heavy (non-hydrogen) atoms. The first-order valence-electron chi connectivity index (χ1n) is 8.60. The third kappa shape index (κ3) is 3.33. The molecule has 3 aromatic rings. The first kappa shape index (κ1) is 17.3. The first-order valence-corrected chi connectivity index (χ1v) is 8.60. The van der Waals surface area contributed by atoms with Crippen LogP contribution in [0.1, 0.15) is 24.5 Å². The molecule has 1 heterocycles. The van der Waals surface area contributed by atoms with E-state index in [1.807, 2.05) is 50.3 Å². The SMILES string of the molecule is C/C=C\c1c(C)c2nn(CCCN(C)C)nc2c2ccccc2c1=O. The molecular formula is C20H24N4O. The van der Waals surface area contributed by atoms with Crippen molar-refractivity contribution in [2.75, 3.05) is 20.6 Å². The van der Waals surface area contributed by atoms with Crippen molar-refractivity contribution in [3.05, 3.63) is 51.7 Å². The van der Waals surface area contributed by atoms with E-state index in [0.29, 0.717) is 10.9 Å². The molecule has 0 saturated heterocycles. The number of fused-ring (bicyclic) bond motifs is 3. The molecule has 1 aromatic heterocycles. The van der Waals surface area contributed by atoms with Crippen molar-refractivity contribution in [3.8, 4) is 0 Å². The van der Waals surface area contributed by atoms with Crippen molar-refractivity contribution in [2.24, 2.45) is 0 Å². The molecule has 3 rings (SSSR count). The van der Waals surface area contributed by atoms with Gasteiger partial charge in [0.05, 0.1) is 6.54 Å². The maximum atomic E-state index is 13.0. The molecule has 0 fully saturated rings. The maximum Gasteiger partial charge on any atom is 0.194 e. The van der Waals surface area contributed by atoms with E-state index in [1.165, 1.54) is 0 Å². The van der Waals surface area contributed by atoms with Crippen LogP contribution in [0.3, 0.4) is 0 Å². The molecule has 0 amide bonds. The van der Waals surface area contributed by atoms with Crippen molar-refractivity contribution in [3.63, 3.8) is 0 Å². The average molecular weight is 336 g/mol. The van der Waals surface area contributed by atoms with Crippen LogP contribution in [0.5, 0.6) is 0 Å². The zero-order chi connectivity index (χ0) is 18.0. The van der Waals surface area contributed by atoms with Gasteiger partial charge in [0.2, 0.25) is 0 Å². The standard InChI is InChI=1S/C20H24N4O/c1-5-9-15-14(2)18-19(16-10-6-7-11-17(16)20(15)25)22-24(21-18)13-8-12-23(3)4/h5-7,9-11H,8,12-13H2,1-4H3/b9-5-. The lowest BCUT2D eigenvalue weighted by Gasteiger charge is -2.07. The molecule has 5 nitrogen and oxygen atoms in total. The first-order chi connectivity index (χ1) is 12.0. The van der Waals surface area contributed by atoms with Gasteiger partial charge >= 0.3 is 0 Å². The monoisotopic (exact) mass is 336 g/mol. The highest BCUT2D eigenvalue weighted by Gasteiger charge is 2.14. The van der Waals surface area contributed by atoms with Gasteiger partial charge in [0.15, 0.2) is 5.43 Å². The minimum atomic E-state index is 0.0326. The molecule has 130 valence electrons. The Morgan fingerprint density at radius 3 is 2.48 bits per heavy atom. The molecule has 5 heteroatoms. The number of hydrogen-bond donors (Lipinski definition) is 0. The number of allylic oxidation sites excluding steroid dienone is 1. The topological polar surface area (TPSA) is 51.0 Å². The molecule has 0 radical (unpaired) electrons. The predicted octanol–water partition coefficient (Wildman–Crippen LogP) is 3.24. The van der Waals surface area contributed by atoms with Crippen molar-refractivity contribution in [1.82, 2.24) is 19.9 Å². The van der Waals surface area contributed by atoms with Crippen molar-refractivity contribution >= 4 is 27.9 Å². The van der Waals surface area contributed by atoms with E-state index in [0.717, 1.165) is 41.5 Å². The number of aryl methyl sites for hydroxylation is 2. The summed E-state index contributed by atoms with van der Waals surface area (Å²) in [6.45, 7) is 5.62. The Hall–Kier alpha value is -2.53. The van der Waals surface area contributed by atoms with E-state index in [4.69, 9.17) is 10.2 Å². The highest BCUT2D eigenvalue weighted by molar-refractivity contribution is 6.04. The highest BCUT2D eigenvalue weighted by Crippen LogP contribution is 2.23. The molecule has 0 aliphatic heterocycles. The second-order valence-electron chi connectivity index (χ2n) is 6.56. The van der Waals surface area contributed by atoms with Crippen LogP contribution >= 0.6 is 0 Å². The molecule has 0 saturated carbocycles. The zero-order valence-electron chi connectivity index (χ0n) is 15.3. The lowest BCUT2D eigenvalue weighted by molar-refractivity contribution is 0.372. The maximum absolute atomic E-state index is 13.0. The summed E-state index contributed by atoms with van der Waals surface area (Å²) in [5.74, 6) is 0. The van der Waals surface area contributed by atoms with E-state index in [1.54, 1.807) is 4.80 Å². The lowest BCUT2D eigenvalue weighted by atomic mass is 10.1. The van der Waals surface area contributed by atoms with Crippen LogP contribution < -0.4 is 5.43 Å². The molecule has 0 spiro atoms. The minimum absolute atomic E-state index is 0.0326. The zero-order valence-corrected chi connectivity index (χ0v) is 15.3. The Kier molecular flexibility index (Phi) is 4.95. The largest absolute Gasteiger partial charge is 0.309 e. The van der Waals surface area contributed by atoms with E-state index in [2.05, 4.69) is 19.0 Å². The van der Waals surface area contributed by atoms with Crippen LogP contribution in [0, 0.1) is 6.92 Å². The third-order valence-electron chi connectivity index (χ3n) is 4.38. The molecule has 0 bridgehead atoms. The summed E-state index contributed by atoms with van der Waals surface area (Å²) >= 11 is 0. The van der Waals surface area contributed by atoms with Crippen LogP contribution in [0.2, 0.25) is 0 Å². The van der Waals surface area contributed by atoms with Gasteiger partial charge in [0.1, 0.15) is 11.0 Å². The van der Waals surface area contributed by atoms with Crippen molar-refractivity contribution in [1.29, 1.82) is 0 Å². The number of aromatic nitrogens is 3. The number of nitrogens with zero attached hydrogens (tertiary/aromatic N) is 4. The molecule has 0 unspecified atom stereocenters. The summed E-state index contributed by atoms with van der Waals surface area (Å²) in [6.07, 6.45) is 4.74. The number of rotatable bonds is 5. The number of benzene rings is 1. The Morgan fingerprint density at radius 1 is 1.12 bits per heavy atom. The van der Waals surface area contributed by atoms with Gasteiger partial charge in [-0.2, -0.15) is 15.0 Å². The molecule has 0 aliphatic carbocycles. The highest BCUT2D eigenvalue weighted by atomic mass is 16.1. The van der Waals surface area contributed by atoms with Gasteiger partial charge in [0, 0.05) is 16.3 Å². The fraction of sp³-hybridized carbons (Fsp3) is 0.350. The van der Waals surface area contributed by atoms with Crippen LogP contribution in [0.4, 0.5) is 0 Å². The summed E-state index contributed by atoms with van der Waals surface area (Å²) < 4.78 is 0. The minimum Gasteiger partial charge on any atom is -0.309 e. The predicted molar refractivity (Wildman–Crippen MR) is 104 cm³/mol. The van der Waals surface area contributed by atoms with Gasteiger partial charge in [-0.3, -0.25) is 4.79 Å². The molecule has 0 aliphatic rings. The summed E-state index contributed by atoms with van der Waals surface area (Å²) in [7, 11) is 4.12. The van der Waals surface area contributed by atoms with Gasteiger partial charge in [0.25, 0.3) is 0 Å². The van der Waals surface area contributed by atoms with Gasteiger partial charge < -0.3 is 4.90 Å². The Morgan fingerprint density at radius 2 is 1.80 bits per heavy atom. The van der Waals surface area contributed by atoms with Gasteiger partial charge in [-0.05, 0) is 46.5 Å². The van der Waals surface area contributed by atoms with E-state index >= 15 is 0 Å². The summed E-state index contributed by atoms with van der Waals surface area (Å²) in [5.41, 5.74) is 3.20. The Bertz CT molecular complexity index is 1000. The van der Waals surface area contributed by atoms with E-state index in [9.17, 15) is 4.79 Å². The second-order valence-corrected chi connectivity index (χ2v) is 6.56. The summed E-state index contributed by atoms with van der Waals surface area (Å²) in [4.78, 5) is 16.9. The summed E-state index contributed by atoms with van der Waals surface area (Å²) in [6, 6.07) is 7.66. The van der Waals surface area contributed by atoms with E-state index in [-0.39, 0.29) is 5.43 Å². The smallest absolute Gasteiger partial charge is 0.194 e. The van der Waals surface area contributed by atoms with Crippen molar-refractivity contribution < 1.29 is 0 Å². The summed E-state index contributed by atoms with van der Waals surface area (Å²) in [5, 5.41) is 11.0. The van der Waals surface area contributed by atoms with Crippen molar-refractivity contribution in [2.45, 2.75) is 26.8 Å². The van der Waals surface area contributed by atoms with Gasteiger partial charge in [-0.25, -0.2) is 0 Å². The molecule has 0 atom stereocenters. The van der Waals surface area contributed by atoms with Crippen LogP contribution in [0.25, 0.3) is 27.9 Å². The van der Waals surface area contributed by atoms with Crippen LogP contribution in [0.15, 0.2) is 35.1 Å².